The summed E-state index contributed by atoms with van der Waals surface area (Å²) in [5.41, 5.74) is 6.19. The lowest BCUT2D eigenvalue weighted by Crippen LogP contribution is -2.16. The number of aromatic amines is 1. The SMILES string of the molecule is Cn1ncc(-c2ccc3c(=O)[nH]nc(CN)c3c2)c1-c1c(F)c(Cl)cc(O[C@@H]2C[C@H]2C(F)(F)F)c1C#N. The average molecular weight is 533 g/mol. The Bertz CT molecular complexity index is 1660. The summed E-state index contributed by atoms with van der Waals surface area (Å²) in [6.07, 6.45) is -4.49. The molecule has 0 spiro atoms. The highest BCUT2D eigenvalue weighted by Crippen LogP contribution is 2.49. The van der Waals surface area contributed by atoms with E-state index in [1.54, 1.807) is 18.2 Å². The molecule has 0 aliphatic heterocycles. The monoisotopic (exact) mass is 532 g/mol. The van der Waals surface area contributed by atoms with Crippen LogP contribution in [0.1, 0.15) is 17.7 Å². The van der Waals surface area contributed by atoms with E-state index in [1.165, 1.54) is 17.9 Å². The van der Waals surface area contributed by atoms with Gasteiger partial charge in [0.25, 0.3) is 5.56 Å². The highest BCUT2D eigenvalue weighted by Gasteiger charge is 2.58. The van der Waals surface area contributed by atoms with Crippen LogP contribution in [0.25, 0.3) is 33.2 Å². The predicted octanol–water partition coefficient (Wildman–Crippen LogP) is 4.44. The van der Waals surface area contributed by atoms with E-state index in [0.717, 1.165) is 6.07 Å². The van der Waals surface area contributed by atoms with Crippen molar-refractivity contribution in [1.82, 2.24) is 20.0 Å². The van der Waals surface area contributed by atoms with Gasteiger partial charge in [0, 0.05) is 30.6 Å². The van der Waals surface area contributed by atoms with Crippen molar-refractivity contribution in [1.29, 1.82) is 5.26 Å². The van der Waals surface area contributed by atoms with Crippen LogP contribution in [0.4, 0.5) is 17.6 Å². The van der Waals surface area contributed by atoms with Crippen LogP contribution in [-0.2, 0) is 13.6 Å². The maximum atomic E-state index is 15.5. The number of nitrogens with one attached hydrogen (secondary N) is 1. The van der Waals surface area contributed by atoms with Crippen LogP contribution in [0.2, 0.25) is 5.02 Å². The largest absolute Gasteiger partial charge is 0.488 e. The van der Waals surface area contributed by atoms with Crippen LogP contribution in [0.3, 0.4) is 0 Å². The summed E-state index contributed by atoms with van der Waals surface area (Å²) in [5.74, 6) is -2.89. The minimum Gasteiger partial charge on any atom is -0.488 e. The molecule has 2 atom stereocenters. The number of nitrogens with two attached hydrogens (primary N) is 1. The number of halogens is 5. The molecule has 1 fully saturated rings. The lowest BCUT2D eigenvalue weighted by atomic mass is 9.95. The van der Waals surface area contributed by atoms with Gasteiger partial charge in [0.1, 0.15) is 23.5 Å². The Balaban J connectivity index is 1.68. The van der Waals surface area contributed by atoms with E-state index in [1.807, 2.05) is 6.07 Å². The van der Waals surface area contributed by atoms with E-state index < -0.39 is 34.6 Å². The number of hydrogen-bond donors (Lipinski definition) is 2. The van der Waals surface area contributed by atoms with Crippen LogP contribution < -0.4 is 16.0 Å². The zero-order chi connectivity index (χ0) is 26.6. The van der Waals surface area contributed by atoms with Crippen molar-refractivity contribution in [2.75, 3.05) is 0 Å². The minimum atomic E-state index is -4.45. The summed E-state index contributed by atoms with van der Waals surface area (Å²) < 4.78 is 61.3. The van der Waals surface area contributed by atoms with E-state index in [4.69, 9.17) is 22.1 Å². The number of rotatable bonds is 5. The summed E-state index contributed by atoms with van der Waals surface area (Å²) in [7, 11) is 1.51. The molecule has 4 aromatic rings. The molecule has 1 aliphatic carbocycles. The van der Waals surface area contributed by atoms with Gasteiger partial charge < -0.3 is 10.5 Å². The third-order valence-electron chi connectivity index (χ3n) is 6.27. The number of nitriles is 1. The van der Waals surface area contributed by atoms with Crippen LogP contribution in [0.5, 0.6) is 5.75 Å². The fourth-order valence-corrected chi connectivity index (χ4v) is 4.52. The molecule has 8 nitrogen and oxygen atoms in total. The van der Waals surface area contributed by atoms with E-state index in [9.17, 15) is 23.2 Å². The van der Waals surface area contributed by atoms with E-state index >= 15 is 4.39 Å². The van der Waals surface area contributed by atoms with Gasteiger partial charge in [-0.2, -0.15) is 28.6 Å². The zero-order valence-corrected chi connectivity index (χ0v) is 19.8. The van der Waals surface area contributed by atoms with Gasteiger partial charge in [0.15, 0.2) is 5.82 Å². The number of benzene rings is 2. The number of fused-ring (bicyclic) bond motifs is 1. The third kappa shape index (κ3) is 4.20. The molecule has 1 saturated carbocycles. The van der Waals surface area contributed by atoms with Gasteiger partial charge in [0.2, 0.25) is 0 Å². The van der Waals surface area contributed by atoms with Crippen molar-refractivity contribution in [3.05, 3.63) is 62.9 Å². The summed E-state index contributed by atoms with van der Waals surface area (Å²) in [4.78, 5) is 12.2. The van der Waals surface area contributed by atoms with Gasteiger partial charge in [-0.1, -0.05) is 17.7 Å². The Morgan fingerprint density at radius 2 is 2.08 bits per heavy atom. The topological polar surface area (TPSA) is 123 Å². The molecule has 5 rings (SSSR count). The Morgan fingerprint density at radius 1 is 1.32 bits per heavy atom. The molecule has 1 aliphatic rings. The van der Waals surface area contributed by atoms with Crippen molar-refractivity contribution in [3.63, 3.8) is 0 Å². The van der Waals surface area contributed by atoms with Crippen molar-refractivity contribution >= 4 is 22.4 Å². The Hall–Kier alpha value is -3.95. The molecule has 0 bridgehead atoms. The molecular weight excluding hydrogens is 516 g/mol. The first kappa shape index (κ1) is 24.7. The molecule has 0 radical (unpaired) electrons. The lowest BCUT2D eigenvalue weighted by molar-refractivity contribution is -0.153. The number of H-pyrrole nitrogens is 1. The second kappa shape index (κ2) is 8.86. The first-order chi connectivity index (χ1) is 17.5. The molecule has 37 heavy (non-hydrogen) atoms. The Labute approximate surface area is 211 Å². The second-order valence-electron chi connectivity index (χ2n) is 8.57. The molecule has 190 valence electrons. The van der Waals surface area contributed by atoms with Gasteiger partial charge in [-0.3, -0.25) is 9.48 Å². The Morgan fingerprint density at radius 3 is 2.73 bits per heavy atom. The quantitative estimate of drug-likeness (QED) is 0.366. The molecule has 0 unspecified atom stereocenters. The molecule has 13 heteroatoms. The predicted molar refractivity (Wildman–Crippen MR) is 126 cm³/mol. The molecule has 3 N–H and O–H groups in total. The smallest absolute Gasteiger partial charge is 0.395 e. The van der Waals surface area contributed by atoms with Crippen LogP contribution in [0.15, 0.2) is 35.3 Å². The van der Waals surface area contributed by atoms with Crippen LogP contribution in [-0.4, -0.2) is 32.3 Å². The minimum absolute atomic E-state index is 0.0406. The van der Waals surface area contributed by atoms with Gasteiger partial charge in [-0.15, -0.1) is 0 Å². The van der Waals surface area contributed by atoms with E-state index in [2.05, 4.69) is 15.3 Å². The fraction of sp³-hybridized carbons (Fsp3) is 0.250. The molecule has 2 aromatic heterocycles. The van der Waals surface area contributed by atoms with Crippen molar-refractivity contribution in [2.24, 2.45) is 18.7 Å². The molecule has 0 saturated heterocycles. The van der Waals surface area contributed by atoms with Crippen molar-refractivity contribution < 1.29 is 22.3 Å². The first-order valence-corrected chi connectivity index (χ1v) is 11.3. The third-order valence-corrected chi connectivity index (χ3v) is 6.55. The van der Waals surface area contributed by atoms with Gasteiger partial charge >= 0.3 is 6.18 Å². The van der Waals surface area contributed by atoms with Crippen molar-refractivity contribution in [2.45, 2.75) is 25.2 Å². The van der Waals surface area contributed by atoms with Gasteiger partial charge in [-0.25, -0.2) is 9.49 Å². The molecular formula is C24H17ClF4N6O2. The highest BCUT2D eigenvalue weighted by molar-refractivity contribution is 6.31. The molecule has 0 amide bonds. The standard InChI is InChI=1S/C24H17ClF4N6O2/c1-35-22(14(9-32-35)10-2-3-11-12(4-10)17(8-31)33-34-23(11)36)20-13(7-30)18(6-16(25)21(20)26)37-19-5-15(19)24(27,28)29/h2-4,6,9,15,19H,5,8,31H2,1H3,(H,34,36)/t15-,19-/m1/s1. The van der Waals surface area contributed by atoms with Crippen molar-refractivity contribution in [3.8, 4) is 34.2 Å². The number of hydrogen-bond acceptors (Lipinski definition) is 6. The maximum Gasteiger partial charge on any atom is 0.395 e. The number of ether oxygens (including phenoxy) is 1. The molecule has 2 heterocycles. The maximum absolute atomic E-state index is 15.5. The van der Waals surface area contributed by atoms with Crippen LogP contribution in [0, 0.1) is 23.1 Å². The number of nitrogens with zero attached hydrogens (tertiary/aromatic N) is 4. The summed E-state index contributed by atoms with van der Waals surface area (Å²) >= 11 is 6.10. The van der Waals surface area contributed by atoms with E-state index in [0.29, 0.717) is 27.6 Å². The number of aryl methyl sites for hydroxylation is 1. The lowest BCUT2D eigenvalue weighted by Gasteiger charge is -2.16. The van der Waals surface area contributed by atoms with Gasteiger partial charge in [-0.05, 0) is 24.1 Å². The summed E-state index contributed by atoms with van der Waals surface area (Å²) in [6.45, 7) is 0.0406. The number of aromatic nitrogens is 4. The summed E-state index contributed by atoms with van der Waals surface area (Å²) in [5, 5.41) is 20.8. The first-order valence-electron chi connectivity index (χ1n) is 10.9. The summed E-state index contributed by atoms with van der Waals surface area (Å²) in [6, 6.07) is 7.66. The zero-order valence-electron chi connectivity index (χ0n) is 19.0. The average Bonchev–Trinajstić information content (AvgIpc) is 3.55. The van der Waals surface area contributed by atoms with Gasteiger partial charge in [0.05, 0.1) is 39.5 Å². The molecule has 2 aromatic carbocycles. The highest BCUT2D eigenvalue weighted by atomic mass is 35.5. The fourth-order valence-electron chi connectivity index (χ4n) is 4.33. The normalized spacial score (nSPS) is 17.1. The van der Waals surface area contributed by atoms with Crippen LogP contribution >= 0.6 is 11.6 Å². The second-order valence-corrected chi connectivity index (χ2v) is 8.97. The number of alkyl halides is 3. The van der Waals surface area contributed by atoms with E-state index in [-0.39, 0.29) is 35.5 Å². The Kier molecular flexibility index (Phi) is 5.92.